The number of carbonyl (C=O) groups excluding carboxylic acids is 1. The summed E-state index contributed by atoms with van der Waals surface area (Å²) in [7, 11) is 0. The Morgan fingerprint density at radius 3 is 2.63 bits per heavy atom. The topological polar surface area (TPSA) is 54.0 Å². The first-order chi connectivity index (χ1) is 13.2. The number of carbonyl (C=O) groups is 1. The molecule has 0 saturated carbocycles. The molecule has 2 amide bonds. The molecule has 0 bridgehead atoms. The summed E-state index contributed by atoms with van der Waals surface area (Å²) in [5, 5.41) is 10.5. The zero-order chi connectivity index (χ0) is 18.6. The van der Waals surface area contributed by atoms with E-state index in [1.165, 1.54) is 11.3 Å². The van der Waals surface area contributed by atoms with E-state index in [-0.39, 0.29) is 6.03 Å². The number of hydrogen-bond acceptors (Lipinski definition) is 3. The third kappa shape index (κ3) is 4.18. The molecule has 27 heavy (non-hydrogen) atoms. The molecule has 1 heterocycles. The molecule has 1 aromatic heterocycles. The molecule has 0 aliphatic rings. The van der Waals surface area contributed by atoms with Crippen LogP contribution in [0.5, 0.6) is 0 Å². The lowest BCUT2D eigenvalue weighted by Gasteiger charge is -2.08. The average molecular weight is 438 g/mol. The third-order valence-corrected chi connectivity index (χ3v) is 5.47. The van der Waals surface area contributed by atoms with Gasteiger partial charge in [0.1, 0.15) is 0 Å². The van der Waals surface area contributed by atoms with Crippen molar-refractivity contribution < 1.29 is 4.79 Å². The second-order valence-electron chi connectivity index (χ2n) is 5.99. The molecule has 0 aliphatic carbocycles. The van der Waals surface area contributed by atoms with Crippen molar-refractivity contribution in [3.05, 3.63) is 82.1 Å². The van der Waals surface area contributed by atoms with Crippen molar-refractivity contribution >= 4 is 49.2 Å². The zero-order valence-corrected chi connectivity index (χ0v) is 16.7. The van der Waals surface area contributed by atoms with Gasteiger partial charge in [-0.1, -0.05) is 70.5 Å². The number of halogens is 1. The molecule has 134 valence electrons. The Bertz CT molecular complexity index is 1090. The third-order valence-electron chi connectivity index (χ3n) is 4.18. The molecule has 0 unspecified atom stereocenters. The predicted molar refractivity (Wildman–Crippen MR) is 115 cm³/mol. The molecular weight excluding hydrogens is 422 g/mol. The number of nitrogens with zero attached hydrogens (tertiary/aromatic N) is 1. The lowest BCUT2D eigenvalue weighted by Crippen LogP contribution is -2.28. The Labute approximate surface area is 169 Å². The van der Waals surface area contributed by atoms with Crippen LogP contribution in [0.1, 0.15) is 5.56 Å². The van der Waals surface area contributed by atoms with Crippen molar-refractivity contribution in [2.24, 2.45) is 0 Å². The first-order valence-electron chi connectivity index (χ1n) is 8.42. The fourth-order valence-electron chi connectivity index (χ4n) is 2.85. The summed E-state index contributed by atoms with van der Waals surface area (Å²) in [6.07, 6.45) is 0. The van der Waals surface area contributed by atoms with Crippen LogP contribution in [-0.2, 0) is 6.54 Å². The molecule has 4 nitrogen and oxygen atoms in total. The molecule has 0 saturated heterocycles. The number of amides is 2. The SMILES string of the molecule is O=C(NCc1cccc2ccccc12)Nc1nc(-c2ccc(Br)cc2)cs1. The quantitative estimate of drug-likeness (QED) is 0.408. The number of anilines is 1. The van der Waals surface area contributed by atoms with Gasteiger partial charge >= 0.3 is 6.03 Å². The lowest BCUT2D eigenvalue weighted by atomic mass is 10.0. The lowest BCUT2D eigenvalue weighted by molar-refractivity contribution is 0.252. The minimum Gasteiger partial charge on any atom is -0.334 e. The summed E-state index contributed by atoms with van der Waals surface area (Å²) in [5.41, 5.74) is 2.94. The van der Waals surface area contributed by atoms with E-state index in [0.29, 0.717) is 11.7 Å². The number of urea groups is 1. The second kappa shape index (κ2) is 7.90. The van der Waals surface area contributed by atoms with Gasteiger partial charge < -0.3 is 5.32 Å². The summed E-state index contributed by atoms with van der Waals surface area (Å²) in [6.45, 7) is 0.456. The fourth-order valence-corrected chi connectivity index (χ4v) is 3.83. The van der Waals surface area contributed by atoms with Crippen molar-refractivity contribution in [1.82, 2.24) is 10.3 Å². The summed E-state index contributed by atoms with van der Waals surface area (Å²) in [5.74, 6) is 0. The monoisotopic (exact) mass is 437 g/mol. The number of hydrogen-bond donors (Lipinski definition) is 2. The summed E-state index contributed by atoms with van der Waals surface area (Å²) < 4.78 is 1.02. The smallest absolute Gasteiger partial charge is 0.321 e. The predicted octanol–water partition coefficient (Wildman–Crippen LogP) is 6.05. The van der Waals surface area contributed by atoms with Gasteiger partial charge in [-0.2, -0.15) is 0 Å². The highest BCUT2D eigenvalue weighted by Gasteiger charge is 2.08. The number of rotatable bonds is 4. The number of fused-ring (bicyclic) bond motifs is 1. The van der Waals surface area contributed by atoms with Crippen molar-refractivity contribution in [1.29, 1.82) is 0 Å². The van der Waals surface area contributed by atoms with Gasteiger partial charge in [-0.05, 0) is 28.5 Å². The first kappa shape index (κ1) is 17.7. The number of aromatic nitrogens is 1. The van der Waals surface area contributed by atoms with Crippen LogP contribution in [0.2, 0.25) is 0 Å². The fraction of sp³-hybridized carbons (Fsp3) is 0.0476. The van der Waals surface area contributed by atoms with Crippen molar-refractivity contribution in [2.45, 2.75) is 6.54 Å². The largest absolute Gasteiger partial charge is 0.334 e. The summed E-state index contributed by atoms with van der Waals surface area (Å²) in [4.78, 5) is 16.7. The molecule has 6 heteroatoms. The standard InChI is InChI=1S/C21H16BrN3OS/c22-17-10-8-15(9-11-17)19-13-27-21(24-19)25-20(26)23-12-16-6-3-5-14-4-1-2-7-18(14)16/h1-11,13H,12H2,(H2,23,24,25,26). The molecular formula is C21H16BrN3OS. The van der Waals surface area contributed by atoms with Crippen LogP contribution in [0.25, 0.3) is 22.0 Å². The zero-order valence-electron chi connectivity index (χ0n) is 14.3. The molecule has 0 fully saturated rings. The molecule has 0 spiro atoms. The minimum absolute atomic E-state index is 0.264. The Hall–Kier alpha value is -2.70. The van der Waals surface area contributed by atoms with Gasteiger partial charge in [0, 0.05) is 22.0 Å². The van der Waals surface area contributed by atoms with E-state index < -0.39 is 0 Å². The van der Waals surface area contributed by atoms with Crippen molar-refractivity contribution in [2.75, 3.05) is 5.32 Å². The highest BCUT2D eigenvalue weighted by Crippen LogP contribution is 2.26. The first-order valence-corrected chi connectivity index (χ1v) is 10.1. The number of benzene rings is 3. The Balaban J connectivity index is 1.40. The van der Waals surface area contributed by atoms with Gasteiger partial charge in [-0.15, -0.1) is 11.3 Å². The molecule has 0 aliphatic heterocycles. The van der Waals surface area contributed by atoms with Crippen LogP contribution in [0.4, 0.5) is 9.93 Å². The Morgan fingerprint density at radius 2 is 1.78 bits per heavy atom. The molecule has 4 rings (SSSR count). The van der Waals surface area contributed by atoms with Crippen LogP contribution in [0, 0.1) is 0 Å². The highest BCUT2D eigenvalue weighted by atomic mass is 79.9. The molecule has 3 aromatic carbocycles. The normalized spacial score (nSPS) is 10.7. The van der Waals surface area contributed by atoms with Gasteiger partial charge in [0.15, 0.2) is 5.13 Å². The van der Waals surface area contributed by atoms with Crippen LogP contribution < -0.4 is 10.6 Å². The van der Waals surface area contributed by atoms with Crippen molar-refractivity contribution in [3.63, 3.8) is 0 Å². The van der Waals surface area contributed by atoms with Gasteiger partial charge in [0.05, 0.1) is 5.69 Å². The maximum atomic E-state index is 12.3. The van der Waals surface area contributed by atoms with Gasteiger partial charge in [-0.3, -0.25) is 5.32 Å². The van der Waals surface area contributed by atoms with E-state index >= 15 is 0 Å². The van der Waals surface area contributed by atoms with E-state index in [9.17, 15) is 4.79 Å². The van der Waals surface area contributed by atoms with E-state index in [1.807, 2.05) is 53.9 Å². The average Bonchev–Trinajstić information content (AvgIpc) is 3.15. The van der Waals surface area contributed by atoms with Gasteiger partial charge in [0.2, 0.25) is 0 Å². The van der Waals surface area contributed by atoms with Gasteiger partial charge in [0.25, 0.3) is 0 Å². The van der Waals surface area contributed by atoms with Crippen LogP contribution >= 0.6 is 27.3 Å². The van der Waals surface area contributed by atoms with Crippen LogP contribution in [-0.4, -0.2) is 11.0 Å². The van der Waals surface area contributed by atoms with E-state index in [2.05, 4.69) is 49.7 Å². The Kier molecular flexibility index (Phi) is 5.18. The molecule has 4 aromatic rings. The molecule has 0 atom stereocenters. The van der Waals surface area contributed by atoms with Gasteiger partial charge in [-0.25, -0.2) is 9.78 Å². The minimum atomic E-state index is -0.264. The molecule has 2 N–H and O–H groups in total. The maximum absolute atomic E-state index is 12.3. The Morgan fingerprint density at radius 1 is 1.00 bits per heavy atom. The second-order valence-corrected chi connectivity index (χ2v) is 7.76. The number of nitrogens with one attached hydrogen (secondary N) is 2. The maximum Gasteiger partial charge on any atom is 0.321 e. The van der Waals surface area contributed by atoms with Crippen LogP contribution in [0.15, 0.2) is 76.6 Å². The number of thiazole rings is 1. The van der Waals surface area contributed by atoms with Crippen LogP contribution in [0.3, 0.4) is 0 Å². The summed E-state index contributed by atoms with van der Waals surface area (Å²) >= 11 is 4.83. The van der Waals surface area contributed by atoms with Crippen molar-refractivity contribution in [3.8, 4) is 11.3 Å². The highest BCUT2D eigenvalue weighted by molar-refractivity contribution is 9.10. The van der Waals surface area contributed by atoms with E-state index in [4.69, 9.17) is 0 Å². The van der Waals surface area contributed by atoms with E-state index in [0.717, 1.165) is 32.1 Å². The molecule has 0 radical (unpaired) electrons. The summed E-state index contributed by atoms with van der Waals surface area (Å²) in [6, 6.07) is 21.9. The van der Waals surface area contributed by atoms with E-state index in [1.54, 1.807) is 0 Å².